The third kappa shape index (κ3) is 4.01. The van der Waals surface area contributed by atoms with E-state index in [1.807, 2.05) is 0 Å². The number of nitrogens with zero attached hydrogens (tertiary/aromatic N) is 2. The normalized spacial score (nSPS) is 10.8. The van der Waals surface area contributed by atoms with Gasteiger partial charge in [-0.25, -0.2) is 0 Å². The molecule has 0 unspecified atom stereocenters. The lowest BCUT2D eigenvalue weighted by Crippen LogP contribution is -2.26. The summed E-state index contributed by atoms with van der Waals surface area (Å²) in [5, 5.41) is 4.22. The van der Waals surface area contributed by atoms with Crippen molar-refractivity contribution in [1.29, 1.82) is 0 Å². The minimum atomic E-state index is -0.350. The van der Waals surface area contributed by atoms with Gasteiger partial charge in [-0.05, 0) is 30.3 Å². The first kappa shape index (κ1) is 17.5. The predicted octanol–water partition coefficient (Wildman–Crippen LogP) is 2.75. The molecule has 0 aliphatic heterocycles. The molecule has 2 aromatic heterocycles. The summed E-state index contributed by atoms with van der Waals surface area (Å²) in [6.07, 6.45) is 1.52. The van der Waals surface area contributed by atoms with Crippen molar-refractivity contribution in [3.8, 4) is 10.7 Å². The molecular formula is C17H14ClN3O3S. The Labute approximate surface area is 152 Å². The summed E-state index contributed by atoms with van der Waals surface area (Å²) in [5.74, 6) is -0.239. The number of halogens is 1. The Morgan fingerprint density at radius 2 is 2.16 bits per heavy atom. The summed E-state index contributed by atoms with van der Waals surface area (Å²) in [4.78, 5) is 32.7. The standard InChI is InChI=1S/C17H14ClN3O3S/c1-24-7-6-20-15(22)10-4-5-19-13(8-10)17-21-16(23)12-3-2-11(18)9-14(12)25-17/h2-5,8-9H,6-7H2,1H3,(H,20,22). The Bertz CT molecular complexity index is 990. The largest absolute Gasteiger partial charge is 0.383 e. The van der Waals surface area contributed by atoms with E-state index in [2.05, 4.69) is 15.3 Å². The summed E-state index contributed by atoms with van der Waals surface area (Å²) < 4.78 is 5.63. The molecule has 6 nitrogen and oxygen atoms in total. The SMILES string of the molecule is COCCNC(=O)c1ccnc(-c2nc(=O)c3ccc(Cl)cc3s2)c1. The number of nitrogens with one attached hydrogen (secondary N) is 1. The zero-order chi connectivity index (χ0) is 17.8. The van der Waals surface area contributed by atoms with Gasteiger partial charge in [0.15, 0.2) is 0 Å². The topological polar surface area (TPSA) is 81.2 Å². The molecule has 0 aliphatic rings. The van der Waals surface area contributed by atoms with Crippen LogP contribution in [0.25, 0.3) is 20.8 Å². The summed E-state index contributed by atoms with van der Waals surface area (Å²) >= 11 is 7.30. The van der Waals surface area contributed by atoms with Crippen LogP contribution in [-0.2, 0) is 4.74 Å². The highest BCUT2D eigenvalue weighted by molar-refractivity contribution is 7.21. The van der Waals surface area contributed by atoms with E-state index in [1.54, 1.807) is 37.4 Å². The molecular weight excluding hydrogens is 362 g/mol. The van der Waals surface area contributed by atoms with Crippen LogP contribution >= 0.6 is 22.9 Å². The van der Waals surface area contributed by atoms with E-state index in [0.29, 0.717) is 39.8 Å². The fourth-order valence-electron chi connectivity index (χ4n) is 2.20. The van der Waals surface area contributed by atoms with Gasteiger partial charge in [-0.15, -0.1) is 11.3 Å². The molecule has 0 radical (unpaired) electrons. The molecule has 3 aromatic rings. The molecule has 0 saturated carbocycles. The molecule has 1 aromatic carbocycles. The maximum atomic E-state index is 12.2. The molecule has 0 atom stereocenters. The van der Waals surface area contributed by atoms with Gasteiger partial charge in [0.1, 0.15) is 5.01 Å². The van der Waals surface area contributed by atoms with E-state index in [-0.39, 0.29) is 11.5 Å². The van der Waals surface area contributed by atoms with Gasteiger partial charge >= 0.3 is 0 Å². The zero-order valence-corrected chi connectivity index (χ0v) is 14.9. The van der Waals surface area contributed by atoms with Crippen LogP contribution in [0.5, 0.6) is 0 Å². The number of carbonyl (C=O) groups excluding carboxylic acids is 1. The van der Waals surface area contributed by atoms with Gasteiger partial charge < -0.3 is 10.1 Å². The first-order chi connectivity index (χ1) is 12.1. The number of pyridine rings is 1. The van der Waals surface area contributed by atoms with Crippen LogP contribution in [0.4, 0.5) is 0 Å². The minimum Gasteiger partial charge on any atom is -0.383 e. The summed E-state index contributed by atoms with van der Waals surface area (Å²) in [7, 11) is 1.57. The van der Waals surface area contributed by atoms with E-state index in [9.17, 15) is 9.59 Å². The van der Waals surface area contributed by atoms with Crippen LogP contribution in [-0.4, -0.2) is 36.1 Å². The molecule has 1 amide bonds. The number of hydrogen-bond acceptors (Lipinski definition) is 6. The van der Waals surface area contributed by atoms with Crippen molar-refractivity contribution >= 4 is 38.9 Å². The van der Waals surface area contributed by atoms with Crippen LogP contribution in [0.3, 0.4) is 0 Å². The Balaban J connectivity index is 1.97. The quantitative estimate of drug-likeness (QED) is 0.693. The smallest absolute Gasteiger partial charge is 0.279 e. The Morgan fingerprint density at radius 3 is 2.96 bits per heavy atom. The number of benzene rings is 1. The van der Waals surface area contributed by atoms with E-state index in [1.165, 1.54) is 17.5 Å². The van der Waals surface area contributed by atoms with Crippen molar-refractivity contribution < 1.29 is 9.53 Å². The fourth-order valence-corrected chi connectivity index (χ4v) is 3.44. The molecule has 0 aliphatic carbocycles. The molecule has 8 heteroatoms. The number of fused-ring (bicyclic) bond motifs is 1. The third-order valence-electron chi connectivity index (χ3n) is 3.42. The number of rotatable bonds is 5. The highest BCUT2D eigenvalue weighted by Gasteiger charge is 2.11. The molecule has 0 fully saturated rings. The molecule has 0 spiro atoms. The molecule has 0 bridgehead atoms. The zero-order valence-electron chi connectivity index (χ0n) is 13.3. The van der Waals surface area contributed by atoms with Crippen molar-refractivity contribution in [3.05, 3.63) is 57.5 Å². The van der Waals surface area contributed by atoms with Crippen LogP contribution in [0.15, 0.2) is 41.3 Å². The number of carbonyl (C=O) groups is 1. The van der Waals surface area contributed by atoms with Crippen LogP contribution < -0.4 is 10.9 Å². The van der Waals surface area contributed by atoms with Crippen molar-refractivity contribution in [1.82, 2.24) is 15.3 Å². The average Bonchev–Trinajstić information content (AvgIpc) is 2.61. The van der Waals surface area contributed by atoms with Crippen molar-refractivity contribution in [2.75, 3.05) is 20.3 Å². The van der Waals surface area contributed by atoms with Gasteiger partial charge in [0.05, 0.1) is 17.7 Å². The highest BCUT2D eigenvalue weighted by atomic mass is 35.5. The molecule has 2 heterocycles. The van der Waals surface area contributed by atoms with Crippen LogP contribution in [0, 0.1) is 0 Å². The monoisotopic (exact) mass is 375 g/mol. The molecule has 0 saturated heterocycles. The maximum Gasteiger partial charge on any atom is 0.279 e. The van der Waals surface area contributed by atoms with Gasteiger partial charge in [0.25, 0.3) is 11.5 Å². The molecule has 3 rings (SSSR count). The summed E-state index contributed by atoms with van der Waals surface area (Å²) in [6.45, 7) is 0.839. The third-order valence-corrected chi connectivity index (χ3v) is 4.70. The second-order valence-electron chi connectivity index (χ2n) is 5.14. The number of hydrogen-bond donors (Lipinski definition) is 1. The van der Waals surface area contributed by atoms with Crippen molar-refractivity contribution in [2.24, 2.45) is 0 Å². The number of amides is 1. The van der Waals surface area contributed by atoms with Gasteiger partial charge in [0, 0.05) is 35.1 Å². The number of methoxy groups -OCH3 is 1. The summed E-state index contributed by atoms with van der Waals surface area (Å²) in [6, 6.07) is 8.24. The molecule has 25 heavy (non-hydrogen) atoms. The lowest BCUT2D eigenvalue weighted by atomic mass is 10.2. The lowest BCUT2D eigenvalue weighted by molar-refractivity contribution is 0.0937. The second kappa shape index (κ2) is 7.69. The fraction of sp³-hybridized carbons (Fsp3) is 0.176. The van der Waals surface area contributed by atoms with E-state index < -0.39 is 0 Å². The number of ether oxygens (including phenoxy) is 1. The maximum absolute atomic E-state index is 12.2. The van der Waals surface area contributed by atoms with E-state index in [0.717, 1.165) is 4.70 Å². The Kier molecular flexibility index (Phi) is 5.37. The van der Waals surface area contributed by atoms with Crippen molar-refractivity contribution in [3.63, 3.8) is 0 Å². The van der Waals surface area contributed by atoms with E-state index in [4.69, 9.17) is 16.3 Å². The van der Waals surface area contributed by atoms with Gasteiger partial charge in [-0.1, -0.05) is 11.6 Å². The summed E-state index contributed by atoms with van der Waals surface area (Å²) in [5.41, 5.74) is 0.550. The van der Waals surface area contributed by atoms with Crippen LogP contribution in [0.1, 0.15) is 10.4 Å². The highest BCUT2D eigenvalue weighted by Crippen LogP contribution is 2.27. The van der Waals surface area contributed by atoms with Crippen molar-refractivity contribution in [2.45, 2.75) is 0 Å². The number of aromatic nitrogens is 2. The minimum absolute atomic E-state index is 0.239. The van der Waals surface area contributed by atoms with E-state index >= 15 is 0 Å². The Morgan fingerprint density at radius 1 is 1.32 bits per heavy atom. The van der Waals surface area contributed by atoms with Gasteiger partial charge in [-0.3, -0.25) is 14.6 Å². The second-order valence-corrected chi connectivity index (χ2v) is 6.61. The lowest BCUT2D eigenvalue weighted by Gasteiger charge is -2.06. The Hall–Kier alpha value is -2.35. The average molecular weight is 376 g/mol. The van der Waals surface area contributed by atoms with Gasteiger partial charge in [-0.2, -0.15) is 4.98 Å². The van der Waals surface area contributed by atoms with Gasteiger partial charge in [0.2, 0.25) is 0 Å². The first-order valence-corrected chi connectivity index (χ1v) is 8.62. The molecule has 1 N–H and O–H groups in total. The predicted molar refractivity (Wildman–Crippen MR) is 98.3 cm³/mol. The molecule has 128 valence electrons. The first-order valence-electron chi connectivity index (χ1n) is 7.42. The van der Waals surface area contributed by atoms with Crippen LogP contribution in [0.2, 0.25) is 5.02 Å².